The molecule has 6 heteroatoms. The molecule has 1 saturated heterocycles. The van der Waals surface area contributed by atoms with Crippen LogP contribution in [0.5, 0.6) is 0 Å². The van der Waals surface area contributed by atoms with Crippen molar-refractivity contribution in [3.63, 3.8) is 0 Å². The summed E-state index contributed by atoms with van der Waals surface area (Å²) in [5.74, 6) is -0.112. The van der Waals surface area contributed by atoms with Crippen LogP contribution < -0.4 is 5.56 Å². The minimum Gasteiger partial charge on any atom is -0.370 e. The summed E-state index contributed by atoms with van der Waals surface area (Å²) in [4.78, 5) is 27.8. The normalized spacial score (nSPS) is 18.2. The molecule has 2 heterocycles. The van der Waals surface area contributed by atoms with Gasteiger partial charge in [-0.2, -0.15) is 0 Å². The highest BCUT2D eigenvalue weighted by atomic mass is 35.5. The number of morpholine rings is 1. The van der Waals surface area contributed by atoms with Gasteiger partial charge in [0.05, 0.1) is 18.7 Å². The quantitative estimate of drug-likeness (QED) is 0.923. The standard InChI is InChI=1S/C16H15ClN2O3/c17-13-4-1-11(2-5-13)14-10-19(7-8-22-14)16(21)12-3-6-15(20)18-9-12/h1-6,9,14H,7-8,10H2,(H,18,20)/t14-/m1/s1. The third kappa shape index (κ3) is 3.21. The van der Waals surface area contributed by atoms with E-state index in [4.69, 9.17) is 16.3 Å². The van der Waals surface area contributed by atoms with Crippen LogP contribution in [0.3, 0.4) is 0 Å². The Morgan fingerprint density at radius 1 is 1.23 bits per heavy atom. The van der Waals surface area contributed by atoms with Crippen molar-refractivity contribution in [3.8, 4) is 0 Å². The number of ether oxygens (including phenoxy) is 1. The Morgan fingerprint density at radius 3 is 2.68 bits per heavy atom. The molecule has 1 N–H and O–H groups in total. The second-order valence-electron chi connectivity index (χ2n) is 5.10. The number of amides is 1. The number of rotatable bonds is 2. The lowest BCUT2D eigenvalue weighted by atomic mass is 10.1. The second-order valence-corrected chi connectivity index (χ2v) is 5.54. The molecule has 22 heavy (non-hydrogen) atoms. The third-order valence-electron chi connectivity index (χ3n) is 3.63. The van der Waals surface area contributed by atoms with Crippen molar-refractivity contribution >= 4 is 17.5 Å². The van der Waals surface area contributed by atoms with E-state index in [1.807, 2.05) is 24.3 Å². The Labute approximate surface area is 132 Å². The number of nitrogens with one attached hydrogen (secondary N) is 1. The first kappa shape index (κ1) is 14.8. The second kappa shape index (κ2) is 6.34. The zero-order valence-corrected chi connectivity index (χ0v) is 12.5. The summed E-state index contributed by atoms with van der Waals surface area (Å²) >= 11 is 5.89. The molecule has 1 aliphatic heterocycles. The molecule has 0 aliphatic carbocycles. The van der Waals surface area contributed by atoms with Gasteiger partial charge in [0.25, 0.3) is 5.91 Å². The summed E-state index contributed by atoms with van der Waals surface area (Å²) in [5.41, 5.74) is 1.23. The predicted octanol–water partition coefficient (Wildman–Crippen LogP) is 2.24. The number of aromatic amines is 1. The van der Waals surface area contributed by atoms with Gasteiger partial charge in [-0.1, -0.05) is 23.7 Å². The molecule has 5 nitrogen and oxygen atoms in total. The molecule has 1 aliphatic rings. The molecule has 114 valence electrons. The van der Waals surface area contributed by atoms with E-state index in [9.17, 15) is 9.59 Å². The van der Waals surface area contributed by atoms with Gasteiger partial charge in [-0.05, 0) is 23.8 Å². The molecule has 0 spiro atoms. The maximum Gasteiger partial charge on any atom is 0.255 e. The number of pyridine rings is 1. The Balaban J connectivity index is 1.75. The van der Waals surface area contributed by atoms with E-state index >= 15 is 0 Å². The monoisotopic (exact) mass is 318 g/mol. The number of nitrogens with zero attached hydrogens (tertiary/aromatic N) is 1. The number of H-pyrrole nitrogens is 1. The zero-order valence-electron chi connectivity index (χ0n) is 11.8. The number of carbonyl (C=O) groups is 1. The molecule has 1 atom stereocenters. The highest BCUT2D eigenvalue weighted by molar-refractivity contribution is 6.30. The van der Waals surface area contributed by atoms with Gasteiger partial charge in [0.1, 0.15) is 6.10 Å². The highest BCUT2D eigenvalue weighted by Gasteiger charge is 2.26. The topological polar surface area (TPSA) is 62.4 Å². The first-order valence-electron chi connectivity index (χ1n) is 6.98. The fraction of sp³-hybridized carbons (Fsp3) is 0.250. The van der Waals surface area contributed by atoms with Gasteiger partial charge < -0.3 is 14.6 Å². The smallest absolute Gasteiger partial charge is 0.255 e. The fourth-order valence-corrected chi connectivity index (χ4v) is 2.56. The van der Waals surface area contributed by atoms with Crippen LogP contribution in [-0.2, 0) is 4.74 Å². The van der Waals surface area contributed by atoms with Crippen molar-refractivity contribution in [2.24, 2.45) is 0 Å². The Kier molecular flexibility index (Phi) is 4.27. The molecular weight excluding hydrogens is 304 g/mol. The zero-order chi connectivity index (χ0) is 15.5. The minimum atomic E-state index is -0.224. The fourth-order valence-electron chi connectivity index (χ4n) is 2.44. The van der Waals surface area contributed by atoms with E-state index in [-0.39, 0.29) is 17.6 Å². The van der Waals surface area contributed by atoms with E-state index in [0.717, 1.165) is 5.56 Å². The Morgan fingerprint density at radius 2 is 2.00 bits per heavy atom. The van der Waals surface area contributed by atoms with Crippen molar-refractivity contribution < 1.29 is 9.53 Å². The van der Waals surface area contributed by atoms with Gasteiger partial charge in [0, 0.05) is 23.8 Å². The minimum absolute atomic E-state index is 0.112. The van der Waals surface area contributed by atoms with Crippen LogP contribution in [0.25, 0.3) is 0 Å². The molecule has 1 amide bonds. The summed E-state index contributed by atoms with van der Waals surface area (Å²) in [6.45, 7) is 1.48. The summed E-state index contributed by atoms with van der Waals surface area (Å²) in [7, 11) is 0. The van der Waals surface area contributed by atoms with Gasteiger partial charge in [0.15, 0.2) is 0 Å². The lowest BCUT2D eigenvalue weighted by Crippen LogP contribution is -2.42. The van der Waals surface area contributed by atoms with Crippen LogP contribution in [0.4, 0.5) is 0 Å². The largest absolute Gasteiger partial charge is 0.370 e. The summed E-state index contributed by atoms with van der Waals surface area (Å²) in [6.07, 6.45) is 1.27. The summed E-state index contributed by atoms with van der Waals surface area (Å²) in [6, 6.07) is 10.3. The molecule has 1 fully saturated rings. The SMILES string of the molecule is O=C(c1ccc(=O)[nH]c1)N1CCO[C@@H](c2ccc(Cl)cc2)C1. The van der Waals surface area contributed by atoms with Crippen molar-refractivity contribution in [1.29, 1.82) is 0 Å². The van der Waals surface area contributed by atoms with E-state index in [1.54, 1.807) is 4.90 Å². The molecule has 0 bridgehead atoms. The highest BCUT2D eigenvalue weighted by Crippen LogP contribution is 2.24. The predicted molar refractivity (Wildman–Crippen MR) is 83.1 cm³/mol. The Bertz CT molecular complexity index is 706. The molecule has 1 aromatic heterocycles. The van der Waals surface area contributed by atoms with Crippen LogP contribution >= 0.6 is 11.6 Å². The van der Waals surface area contributed by atoms with Crippen LogP contribution in [0.2, 0.25) is 5.02 Å². The van der Waals surface area contributed by atoms with Crippen molar-refractivity contribution in [1.82, 2.24) is 9.88 Å². The number of halogens is 1. The molecule has 3 rings (SSSR count). The van der Waals surface area contributed by atoms with Gasteiger partial charge >= 0.3 is 0 Å². The number of benzene rings is 1. The van der Waals surface area contributed by atoms with Crippen LogP contribution in [0, 0.1) is 0 Å². The maximum absolute atomic E-state index is 12.5. The van der Waals surface area contributed by atoms with E-state index in [1.165, 1.54) is 18.3 Å². The van der Waals surface area contributed by atoms with Gasteiger partial charge in [-0.3, -0.25) is 9.59 Å². The summed E-state index contributed by atoms with van der Waals surface area (Å²) < 4.78 is 5.74. The van der Waals surface area contributed by atoms with Crippen LogP contribution in [0.1, 0.15) is 22.0 Å². The van der Waals surface area contributed by atoms with Gasteiger partial charge in [0.2, 0.25) is 5.56 Å². The lowest BCUT2D eigenvalue weighted by molar-refractivity contribution is -0.0228. The van der Waals surface area contributed by atoms with Crippen LogP contribution in [0.15, 0.2) is 47.4 Å². The molecule has 0 radical (unpaired) electrons. The molecule has 0 unspecified atom stereocenters. The van der Waals surface area contributed by atoms with Gasteiger partial charge in [-0.15, -0.1) is 0 Å². The molecule has 1 aromatic carbocycles. The summed E-state index contributed by atoms with van der Waals surface area (Å²) in [5, 5.41) is 0.667. The van der Waals surface area contributed by atoms with Crippen molar-refractivity contribution in [2.45, 2.75) is 6.10 Å². The third-order valence-corrected chi connectivity index (χ3v) is 3.88. The number of carbonyl (C=O) groups excluding carboxylic acids is 1. The first-order valence-corrected chi connectivity index (χ1v) is 7.36. The molecule has 0 saturated carbocycles. The average Bonchev–Trinajstić information content (AvgIpc) is 2.56. The Hall–Kier alpha value is -2.11. The van der Waals surface area contributed by atoms with Crippen LogP contribution in [-0.4, -0.2) is 35.5 Å². The van der Waals surface area contributed by atoms with Gasteiger partial charge in [-0.25, -0.2) is 0 Å². The maximum atomic E-state index is 12.5. The lowest BCUT2D eigenvalue weighted by Gasteiger charge is -2.33. The number of hydrogen-bond donors (Lipinski definition) is 1. The van der Waals surface area contributed by atoms with E-state index < -0.39 is 0 Å². The van der Waals surface area contributed by atoms with E-state index in [0.29, 0.717) is 30.3 Å². The van der Waals surface area contributed by atoms with Crippen molar-refractivity contribution in [2.75, 3.05) is 19.7 Å². The first-order chi connectivity index (χ1) is 10.6. The average molecular weight is 319 g/mol. The van der Waals surface area contributed by atoms with Crippen molar-refractivity contribution in [3.05, 3.63) is 69.1 Å². The number of hydrogen-bond acceptors (Lipinski definition) is 3. The van der Waals surface area contributed by atoms with E-state index in [2.05, 4.69) is 4.98 Å². The molecular formula is C16H15ClN2O3. The molecule has 2 aromatic rings. The number of aromatic nitrogens is 1.